The molecule has 5 rings (SSSR count). The molecule has 0 aliphatic carbocycles. The maximum atomic E-state index is 13.3. The molecule has 1 aromatic heterocycles. The van der Waals surface area contributed by atoms with Gasteiger partial charge in [0.25, 0.3) is 5.91 Å². The topological polar surface area (TPSA) is 49.2 Å². The highest BCUT2D eigenvalue weighted by Gasteiger charge is 2.25. The number of amides is 1. The Morgan fingerprint density at radius 3 is 2.29 bits per heavy atom. The summed E-state index contributed by atoms with van der Waals surface area (Å²) in [5.41, 5.74) is 4.83. The minimum absolute atomic E-state index is 0.0416. The van der Waals surface area contributed by atoms with Crippen molar-refractivity contribution in [3.8, 4) is 5.75 Å². The van der Waals surface area contributed by atoms with Gasteiger partial charge in [0.05, 0.1) is 13.7 Å². The molecule has 1 saturated heterocycles. The van der Waals surface area contributed by atoms with Crippen LogP contribution in [0.25, 0.3) is 0 Å². The lowest BCUT2D eigenvalue weighted by Gasteiger charge is -2.36. The quantitative estimate of drug-likeness (QED) is 0.287. The van der Waals surface area contributed by atoms with Gasteiger partial charge in [-0.05, 0) is 42.3 Å². The van der Waals surface area contributed by atoms with Crippen molar-refractivity contribution in [2.24, 2.45) is 0 Å². The Morgan fingerprint density at radius 2 is 1.53 bits per heavy atom. The monoisotopic (exact) mass is 509 g/mol. The van der Waals surface area contributed by atoms with Gasteiger partial charge >= 0.3 is 0 Å². The average molecular weight is 510 g/mol. The Bertz CT molecular complexity index is 1340. The molecule has 1 fully saturated rings. The molecule has 6 nitrogen and oxygen atoms in total. The van der Waals surface area contributed by atoms with Gasteiger partial charge in [-0.2, -0.15) is 0 Å². The summed E-state index contributed by atoms with van der Waals surface area (Å²) in [7, 11) is 1.70. The second kappa shape index (κ2) is 12.0. The standard InChI is InChI=1S/C32H35N3O3/c1-25-10-6-8-14-29(25)34-18-20-35(21-19-34)32(36)31-17-16-28(38-31)24-33(22-26-11-4-3-5-12-26)23-27-13-7-9-15-30(27)37-2/h3-17H,18-24H2,1-2H3. The lowest BCUT2D eigenvalue weighted by molar-refractivity contribution is 0.0710. The summed E-state index contributed by atoms with van der Waals surface area (Å²) >= 11 is 0. The van der Waals surface area contributed by atoms with Crippen molar-refractivity contribution in [1.82, 2.24) is 9.80 Å². The van der Waals surface area contributed by atoms with Crippen molar-refractivity contribution in [3.63, 3.8) is 0 Å². The number of rotatable bonds is 9. The van der Waals surface area contributed by atoms with Crippen molar-refractivity contribution in [1.29, 1.82) is 0 Å². The summed E-state index contributed by atoms with van der Waals surface area (Å²) in [6.45, 7) is 7.15. The number of nitrogens with zero attached hydrogens (tertiary/aromatic N) is 3. The molecule has 2 heterocycles. The SMILES string of the molecule is COc1ccccc1CN(Cc1ccccc1)Cc1ccc(C(=O)N2CCN(c3ccccc3C)CC2)o1. The zero-order valence-corrected chi connectivity index (χ0v) is 22.2. The van der Waals surface area contributed by atoms with Crippen molar-refractivity contribution in [3.05, 3.63) is 119 Å². The van der Waals surface area contributed by atoms with Crippen molar-refractivity contribution in [2.75, 3.05) is 38.2 Å². The highest BCUT2D eigenvalue weighted by molar-refractivity contribution is 5.91. The average Bonchev–Trinajstić information content (AvgIpc) is 3.42. The lowest BCUT2D eigenvalue weighted by atomic mass is 10.1. The van der Waals surface area contributed by atoms with Crippen LogP contribution in [0.3, 0.4) is 0 Å². The largest absolute Gasteiger partial charge is 0.496 e. The van der Waals surface area contributed by atoms with Gasteiger partial charge in [0.15, 0.2) is 5.76 Å². The van der Waals surface area contributed by atoms with Crippen LogP contribution in [0.4, 0.5) is 5.69 Å². The van der Waals surface area contributed by atoms with E-state index in [4.69, 9.17) is 9.15 Å². The third kappa shape index (κ3) is 6.09. The number of piperazine rings is 1. The maximum Gasteiger partial charge on any atom is 0.289 e. The third-order valence-electron chi connectivity index (χ3n) is 7.11. The molecule has 38 heavy (non-hydrogen) atoms. The number of anilines is 1. The Hall–Kier alpha value is -4.03. The Balaban J connectivity index is 1.25. The molecule has 4 aromatic rings. The van der Waals surface area contributed by atoms with Gasteiger partial charge in [0.1, 0.15) is 11.5 Å². The van der Waals surface area contributed by atoms with Crippen molar-refractivity contribution >= 4 is 11.6 Å². The number of carbonyl (C=O) groups excluding carboxylic acids is 1. The van der Waals surface area contributed by atoms with E-state index in [-0.39, 0.29) is 5.91 Å². The molecule has 196 valence electrons. The van der Waals surface area contributed by atoms with Gasteiger partial charge in [0, 0.05) is 50.5 Å². The van der Waals surface area contributed by atoms with Crippen molar-refractivity contribution < 1.29 is 13.9 Å². The Labute approximate surface area is 225 Å². The summed E-state index contributed by atoms with van der Waals surface area (Å²) in [5, 5.41) is 0. The first-order chi connectivity index (χ1) is 18.6. The second-order valence-corrected chi connectivity index (χ2v) is 9.77. The smallest absolute Gasteiger partial charge is 0.289 e. The molecule has 1 aliphatic rings. The fraction of sp³-hybridized carbons (Fsp3) is 0.281. The minimum Gasteiger partial charge on any atom is -0.496 e. The molecular formula is C32H35N3O3. The fourth-order valence-electron chi connectivity index (χ4n) is 5.11. The predicted octanol–water partition coefficient (Wildman–Crippen LogP) is 5.76. The first kappa shape index (κ1) is 25.6. The minimum atomic E-state index is -0.0416. The van der Waals surface area contributed by atoms with E-state index >= 15 is 0 Å². The van der Waals surface area contributed by atoms with Crippen LogP contribution in [0.2, 0.25) is 0 Å². The summed E-state index contributed by atoms with van der Waals surface area (Å²) in [5.74, 6) is 2.00. The van der Waals surface area contributed by atoms with E-state index in [1.807, 2.05) is 41.3 Å². The van der Waals surface area contributed by atoms with Crippen LogP contribution in [0.15, 0.2) is 95.4 Å². The number of ether oxygens (including phenoxy) is 1. The zero-order chi connectivity index (χ0) is 26.3. The number of hydrogen-bond acceptors (Lipinski definition) is 5. The van der Waals surface area contributed by atoms with Crippen LogP contribution in [0.5, 0.6) is 5.75 Å². The number of carbonyl (C=O) groups is 1. The van der Waals surface area contributed by atoms with E-state index in [0.29, 0.717) is 31.9 Å². The number of methoxy groups -OCH3 is 1. The van der Waals surface area contributed by atoms with Gasteiger partial charge in [-0.1, -0.05) is 66.7 Å². The van der Waals surface area contributed by atoms with E-state index in [1.54, 1.807) is 7.11 Å². The molecule has 0 spiro atoms. The van der Waals surface area contributed by atoms with E-state index in [0.717, 1.165) is 36.7 Å². The van der Waals surface area contributed by atoms with E-state index in [9.17, 15) is 4.79 Å². The highest BCUT2D eigenvalue weighted by Crippen LogP contribution is 2.24. The molecule has 0 N–H and O–H groups in total. The number of furan rings is 1. The highest BCUT2D eigenvalue weighted by atomic mass is 16.5. The van der Waals surface area contributed by atoms with E-state index in [1.165, 1.54) is 16.8 Å². The van der Waals surface area contributed by atoms with Gasteiger partial charge in [-0.3, -0.25) is 9.69 Å². The fourth-order valence-corrected chi connectivity index (χ4v) is 5.11. The second-order valence-electron chi connectivity index (χ2n) is 9.77. The molecule has 0 atom stereocenters. The van der Waals surface area contributed by atoms with Crippen LogP contribution in [0.1, 0.15) is 33.0 Å². The summed E-state index contributed by atoms with van der Waals surface area (Å²) in [4.78, 5) is 19.8. The third-order valence-corrected chi connectivity index (χ3v) is 7.11. The van der Waals surface area contributed by atoms with Gasteiger partial charge < -0.3 is 19.0 Å². The molecule has 0 bridgehead atoms. The number of para-hydroxylation sites is 2. The Kier molecular flexibility index (Phi) is 8.09. The van der Waals surface area contributed by atoms with Crippen LogP contribution in [-0.2, 0) is 19.6 Å². The molecule has 1 amide bonds. The number of hydrogen-bond donors (Lipinski definition) is 0. The van der Waals surface area contributed by atoms with Gasteiger partial charge in [-0.15, -0.1) is 0 Å². The molecule has 6 heteroatoms. The van der Waals surface area contributed by atoms with Gasteiger partial charge in [0.2, 0.25) is 0 Å². The normalized spacial score (nSPS) is 13.7. The summed E-state index contributed by atoms with van der Waals surface area (Å²) in [6, 6.07) is 30.6. The maximum absolute atomic E-state index is 13.3. The molecule has 3 aromatic carbocycles. The first-order valence-corrected chi connectivity index (χ1v) is 13.2. The molecule has 0 unspecified atom stereocenters. The zero-order valence-electron chi connectivity index (χ0n) is 22.2. The molecule has 1 aliphatic heterocycles. The van der Waals surface area contributed by atoms with Crippen LogP contribution >= 0.6 is 0 Å². The lowest BCUT2D eigenvalue weighted by Crippen LogP contribution is -2.48. The van der Waals surface area contributed by atoms with Crippen molar-refractivity contribution in [2.45, 2.75) is 26.6 Å². The predicted molar refractivity (Wildman–Crippen MR) is 150 cm³/mol. The van der Waals surface area contributed by atoms with E-state index in [2.05, 4.69) is 71.3 Å². The van der Waals surface area contributed by atoms with E-state index < -0.39 is 0 Å². The summed E-state index contributed by atoms with van der Waals surface area (Å²) < 4.78 is 11.7. The van der Waals surface area contributed by atoms with Crippen LogP contribution < -0.4 is 9.64 Å². The molecule has 0 saturated carbocycles. The summed E-state index contributed by atoms with van der Waals surface area (Å²) in [6.07, 6.45) is 0. The molecular weight excluding hydrogens is 474 g/mol. The number of benzene rings is 3. The molecule has 0 radical (unpaired) electrons. The number of aryl methyl sites for hydroxylation is 1. The van der Waals surface area contributed by atoms with Crippen LogP contribution in [0, 0.1) is 6.92 Å². The van der Waals surface area contributed by atoms with Crippen LogP contribution in [-0.4, -0.2) is 49.0 Å². The first-order valence-electron chi connectivity index (χ1n) is 13.2. The Morgan fingerprint density at radius 1 is 0.816 bits per heavy atom. The van der Waals surface area contributed by atoms with Gasteiger partial charge in [-0.25, -0.2) is 0 Å².